The van der Waals surface area contributed by atoms with Crippen molar-refractivity contribution in [1.29, 1.82) is 0 Å². The molecule has 0 heterocycles. The topological polar surface area (TPSA) is 40.5 Å². The zero-order valence-electron chi connectivity index (χ0n) is 7.53. The van der Waals surface area contributed by atoms with Crippen molar-refractivity contribution in [3.8, 4) is 0 Å². The SMILES string of the molecule is OC(CCCl)C(O)c1ccc(Cl)cc1. The molecule has 78 valence electrons. The Bertz CT molecular complexity index is 274. The largest absolute Gasteiger partial charge is 0.390 e. The predicted molar refractivity (Wildman–Crippen MR) is 57.8 cm³/mol. The van der Waals surface area contributed by atoms with E-state index in [4.69, 9.17) is 23.2 Å². The lowest BCUT2D eigenvalue weighted by atomic mass is 10.0. The Kier molecular flexibility index (Phi) is 4.69. The van der Waals surface area contributed by atoms with Gasteiger partial charge in [0.25, 0.3) is 0 Å². The van der Waals surface area contributed by atoms with Crippen molar-refractivity contribution in [3.05, 3.63) is 34.9 Å². The van der Waals surface area contributed by atoms with Gasteiger partial charge in [-0.05, 0) is 24.1 Å². The van der Waals surface area contributed by atoms with Crippen LogP contribution in [0.1, 0.15) is 18.1 Å². The minimum Gasteiger partial charge on any atom is -0.390 e. The Hall–Kier alpha value is -0.280. The van der Waals surface area contributed by atoms with Crippen molar-refractivity contribution in [3.63, 3.8) is 0 Å². The summed E-state index contributed by atoms with van der Waals surface area (Å²) in [6, 6.07) is 6.72. The second-order valence-corrected chi connectivity index (χ2v) is 3.86. The third kappa shape index (κ3) is 3.14. The molecule has 0 amide bonds. The molecule has 2 atom stereocenters. The average molecular weight is 235 g/mol. The number of hydrogen-bond donors (Lipinski definition) is 2. The maximum atomic E-state index is 9.66. The molecule has 0 aromatic heterocycles. The Labute approximate surface area is 93.1 Å². The summed E-state index contributed by atoms with van der Waals surface area (Å²) in [5.74, 6) is 0.325. The highest BCUT2D eigenvalue weighted by Crippen LogP contribution is 2.20. The van der Waals surface area contributed by atoms with Gasteiger partial charge in [0.2, 0.25) is 0 Å². The van der Waals surface area contributed by atoms with Gasteiger partial charge in [-0.3, -0.25) is 0 Å². The quantitative estimate of drug-likeness (QED) is 0.786. The average Bonchev–Trinajstić information content (AvgIpc) is 2.18. The first-order chi connectivity index (χ1) is 6.65. The third-order valence-electron chi connectivity index (χ3n) is 1.98. The van der Waals surface area contributed by atoms with Gasteiger partial charge in [-0.15, -0.1) is 11.6 Å². The van der Waals surface area contributed by atoms with E-state index < -0.39 is 12.2 Å². The highest BCUT2D eigenvalue weighted by molar-refractivity contribution is 6.30. The van der Waals surface area contributed by atoms with Gasteiger partial charge < -0.3 is 10.2 Å². The summed E-state index contributed by atoms with van der Waals surface area (Å²) in [4.78, 5) is 0. The first kappa shape index (κ1) is 11.8. The minimum atomic E-state index is -0.897. The predicted octanol–water partition coefficient (Wildman–Crippen LogP) is 2.36. The lowest BCUT2D eigenvalue weighted by molar-refractivity contribution is 0.0170. The molecule has 4 heteroatoms. The number of hydrogen-bond acceptors (Lipinski definition) is 2. The number of aliphatic hydroxyl groups is 2. The molecule has 2 N–H and O–H groups in total. The van der Waals surface area contributed by atoms with Crippen LogP contribution in [0.25, 0.3) is 0 Å². The van der Waals surface area contributed by atoms with Gasteiger partial charge in [0.1, 0.15) is 6.10 Å². The Morgan fingerprint density at radius 2 is 1.71 bits per heavy atom. The zero-order valence-corrected chi connectivity index (χ0v) is 9.04. The van der Waals surface area contributed by atoms with E-state index in [0.29, 0.717) is 22.9 Å². The number of aliphatic hydroxyl groups excluding tert-OH is 2. The van der Waals surface area contributed by atoms with E-state index in [9.17, 15) is 10.2 Å². The van der Waals surface area contributed by atoms with Gasteiger partial charge in [-0.2, -0.15) is 0 Å². The summed E-state index contributed by atoms with van der Waals surface area (Å²) >= 11 is 11.2. The molecule has 14 heavy (non-hydrogen) atoms. The van der Waals surface area contributed by atoms with Crippen LogP contribution in [0.5, 0.6) is 0 Å². The summed E-state index contributed by atoms with van der Waals surface area (Å²) in [5, 5.41) is 19.7. The molecule has 0 saturated heterocycles. The number of benzene rings is 1. The Morgan fingerprint density at radius 1 is 1.14 bits per heavy atom. The van der Waals surface area contributed by atoms with Gasteiger partial charge in [-0.1, -0.05) is 23.7 Å². The van der Waals surface area contributed by atoms with E-state index in [1.54, 1.807) is 24.3 Å². The molecule has 2 nitrogen and oxygen atoms in total. The van der Waals surface area contributed by atoms with E-state index in [1.165, 1.54) is 0 Å². The molecule has 0 bridgehead atoms. The van der Waals surface area contributed by atoms with Crippen molar-refractivity contribution >= 4 is 23.2 Å². The lowest BCUT2D eigenvalue weighted by Crippen LogP contribution is -2.18. The molecular weight excluding hydrogens is 223 g/mol. The highest BCUT2D eigenvalue weighted by Gasteiger charge is 2.17. The van der Waals surface area contributed by atoms with Crippen LogP contribution in [0, 0.1) is 0 Å². The maximum absolute atomic E-state index is 9.66. The molecule has 2 unspecified atom stereocenters. The Balaban J connectivity index is 2.68. The molecule has 1 rings (SSSR count). The van der Waals surface area contributed by atoms with Gasteiger partial charge in [0.05, 0.1) is 6.10 Å². The standard InChI is InChI=1S/C10H12Cl2O2/c11-6-5-9(13)10(14)7-1-3-8(12)4-2-7/h1-4,9-10,13-14H,5-6H2. The first-order valence-electron chi connectivity index (χ1n) is 4.32. The molecular formula is C10H12Cl2O2. The van der Waals surface area contributed by atoms with Crippen LogP contribution in [0.15, 0.2) is 24.3 Å². The van der Waals surface area contributed by atoms with E-state index >= 15 is 0 Å². The van der Waals surface area contributed by atoms with E-state index in [-0.39, 0.29) is 0 Å². The van der Waals surface area contributed by atoms with Gasteiger partial charge >= 0.3 is 0 Å². The summed E-state index contributed by atoms with van der Waals surface area (Å²) in [5.41, 5.74) is 0.645. The monoisotopic (exact) mass is 234 g/mol. The van der Waals surface area contributed by atoms with Gasteiger partial charge in [0.15, 0.2) is 0 Å². The van der Waals surface area contributed by atoms with Crippen LogP contribution in [-0.4, -0.2) is 22.2 Å². The Morgan fingerprint density at radius 3 is 2.21 bits per heavy atom. The lowest BCUT2D eigenvalue weighted by Gasteiger charge is -2.16. The number of alkyl halides is 1. The van der Waals surface area contributed by atoms with E-state index in [1.807, 2.05) is 0 Å². The molecule has 0 aliphatic heterocycles. The van der Waals surface area contributed by atoms with Crippen molar-refractivity contribution in [2.75, 3.05) is 5.88 Å². The van der Waals surface area contributed by atoms with Crippen molar-refractivity contribution in [2.45, 2.75) is 18.6 Å². The molecule has 0 fully saturated rings. The molecule has 0 aliphatic rings. The molecule has 0 radical (unpaired) electrons. The highest BCUT2D eigenvalue weighted by atomic mass is 35.5. The number of halogens is 2. The van der Waals surface area contributed by atoms with Crippen LogP contribution < -0.4 is 0 Å². The molecule has 0 saturated carbocycles. The van der Waals surface area contributed by atoms with E-state index in [2.05, 4.69) is 0 Å². The molecule has 0 aliphatic carbocycles. The summed E-state index contributed by atoms with van der Waals surface area (Å²) < 4.78 is 0. The van der Waals surface area contributed by atoms with Crippen molar-refractivity contribution < 1.29 is 10.2 Å². The maximum Gasteiger partial charge on any atom is 0.105 e. The van der Waals surface area contributed by atoms with Crippen molar-refractivity contribution in [1.82, 2.24) is 0 Å². The zero-order chi connectivity index (χ0) is 10.6. The third-order valence-corrected chi connectivity index (χ3v) is 2.45. The van der Waals surface area contributed by atoms with Gasteiger partial charge in [0, 0.05) is 10.9 Å². The van der Waals surface area contributed by atoms with Crippen LogP contribution in [0.2, 0.25) is 5.02 Å². The fourth-order valence-corrected chi connectivity index (χ4v) is 1.50. The van der Waals surface area contributed by atoms with Crippen molar-refractivity contribution in [2.24, 2.45) is 0 Å². The number of rotatable bonds is 4. The normalized spacial score (nSPS) is 15.1. The summed E-state index contributed by atoms with van der Waals surface area (Å²) in [6.45, 7) is 0. The molecule has 1 aromatic rings. The molecule has 1 aromatic carbocycles. The summed E-state index contributed by atoms with van der Waals surface area (Å²) in [7, 11) is 0. The summed E-state index contributed by atoms with van der Waals surface area (Å²) in [6.07, 6.45) is -1.36. The smallest absolute Gasteiger partial charge is 0.105 e. The fourth-order valence-electron chi connectivity index (χ4n) is 1.15. The van der Waals surface area contributed by atoms with Crippen LogP contribution in [-0.2, 0) is 0 Å². The van der Waals surface area contributed by atoms with Crippen LogP contribution >= 0.6 is 23.2 Å². The minimum absolute atomic E-state index is 0.325. The van der Waals surface area contributed by atoms with Gasteiger partial charge in [-0.25, -0.2) is 0 Å². The first-order valence-corrected chi connectivity index (χ1v) is 5.24. The fraction of sp³-hybridized carbons (Fsp3) is 0.400. The van der Waals surface area contributed by atoms with E-state index in [0.717, 1.165) is 0 Å². The van der Waals surface area contributed by atoms with Crippen LogP contribution in [0.3, 0.4) is 0 Å². The second-order valence-electron chi connectivity index (χ2n) is 3.04. The van der Waals surface area contributed by atoms with Crippen LogP contribution in [0.4, 0.5) is 0 Å². The second kappa shape index (κ2) is 5.56. The molecule has 0 spiro atoms.